The smallest absolute Gasteiger partial charge is 0.0856 e. The Morgan fingerprint density at radius 2 is 1.89 bits per heavy atom. The molecule has 0 saturated heterocycles. The highest BCUT2D eigenvalue weighted by Gasteiger charge is 1.77. The second-order valence-electron chi connectivity index (χ2n) is 2.11. The van der Waals surface area contributed by atoms with Gasteiger partial charge in [-0.15, -0.1) is 0 Å². The Morgan fingerprint density at radius 3 is 2.44 bits per heavy atom. The van der Waals surface area contributed by atoms with E-state index in [2.05, 4.69) is 13.0 Å². The number of rotatable bonds is 5. The van der Waals surface area contributed by atoms with Gasteiger partial charge in [-0.2, -0.15) is 0 Å². The second-order valence-corrected chi connectivity index (χ2v) is 2.11. The molecule has 0 aliphatic carbocycles. The van der Waals surface area contributed by atoms with E-state index in [-0.39, 0.29) is 6.61 Å². The van der Waals surface area contributed by atoms with E-state index in [1.165, 1.54) is 12.8 Å². The molecule has 1 heteroatoms. The minimum atomic E-state index is 0.0304. The summed E-state index contributed by atoms with van der Waals surface area (Å²) in [7, 11) is 0. The second kappa shape index (κ2) is 7.70. The highest BCUT2D eigenvalue weighted by Crippen LogP contribution is 1.95. The molecule has 0 aromatic carbocycles. The number of hydrogen-bond donors (Lipinski definition) is 0. The first-order valence-corrected chi connectivity index (χ1v) is 3.65. The maximum absolute atomic E-state index is 9.91. The van der Waals surface area contributed by atoms with Crippen molar-refractivity contribution in [1.29, 1.82) is 0 Å². The minimum absolute atomic E-state index is 0.0304. The Hall–Kier alpha value is -0.300. The van der Waals surface area contributed by atoms with E-state index in [1.54, 1.807) is 0 Å². The molecule has 0 atom stereocenters. The first-order valence-electron chi connectivity index (χ1n) is 3.65. The monoisotopic (exact) mass is 127 g/mol. The van der Waals surface area contributed by atoms with Crippen molar-refractivity contribution in [3.63, 3.8) is 0 Å². The van der Waals surface area contributed by atoms with Crippen LogP contribution < -0.4 is 0 Å². The lowest BCUT2D eigenvalue weighted by Gasteiger charge is -1.86. The van der Waals surface area contributed by atoms with Crippen molar-refractivity contribution in [3.05, 3.63) is 12.2 Å². The lowest BCUT2D eigenvalue weighted by Crippen LogP contribution is -1.73. The lowest BCUT2D eigenvalue weighted by molar-refractivity contribution is 0.199. The molecule has 1 radical (unpaired) electrons. The summed E-state index contributed by atoms with van der Waals surface area (Å²) in [6.45, 7) is 2.20. The molecule has 1 nitrogen and oxygen atoms in total. The van der Waals surface area contributed by atoms with Gasteiger partial charge in [-0.3, -0.25) is 0 Å². The summed E-state index contributed by atoms with van der Waals surface area (Å²) in [5, 5.41) is 9.91. The molecule has 0 bridgehead atoms. The Balaban J connectivity index is 2.86. The third-order valence-electron chi connectivity index (χ3n) is 1.18. The van der Waals surface area contributed by atoms with E-state index in [1.807, 2.05) is 6.08 Å². The van der Waals surface area contributed by atoms with Gasteiger partial charge in [0.05, 0.1) is 6.61 Å². The van der Waals surface area contributed by atoms with Gasteiger partial charge in [0.25, 0.3) is 0 Å². The highest BCUT2D eigenvalue weighted by atomic mass is 16.2. The van der Waals surface area contributed by atoms with Gasteiger partial charge in [0.15, 0.2) is 0 Å². The predicted molar refractivity (Wildman–Crippen MR) is 38.8 cm³/mol. The fourth-order valence-corrected chi connectivity index (χ4v) is 0.626. The van der Waals surface area contributed by atoms with Crippen LogP contribution in [0.4, 0.5) is 0 Å². The van der Waals surface area contributed by atoms with E-state index >= 15 is 0 Å². The molecule has 0 spiro atoms. The van der Waals surface area contributed by atoms with E-state index in [0.717, 1.165) is 6.42 Å². The molecule has 0 aromatic heterocycles. The van der Waals surface area contributed by atoms with Crippen molar-refractivity contribution in [2.24, 2.45) is 0 Å². The molecule has 0 unspecified atom stereocenters. The summed E-state index contributed by atoms with van der Waals surface area (Å²) >= 11 is 0. The number of allylic oxidation sites excluding steroid dienone is 1. The molecule has 0 amide bonds. The molecule has 0 aliphatic heterocycles. The maximum Gasteiger partial charge on any atom is 0.0856 e. The fourth-order valence-electron chi connectivity index (χ4n) is 0.626. The topological polar surface area (TPSA) is 19.9 Å². The normalized spacial score (nSPS) is 10.9. The molecule has 0 aliphatic rings. The largest absolute Gasteiger partial charge is 0.236 e. The minimum Gasteiger partial charge on any atom is -0.236 e. The standard InChI is InChI=1S/C8H15O/c1-2-3-4-5-6-7-8-9/h5-6H,2-4,7-8H2,1H3. The summed E-state index contributed by atoms with van der Waals surface area (Å²) in [4.78, 5) is 0. The van der Waals surface area contributed by atoms with Gasteiger partial charge in [0.2, 0.25) is 0 Å². The van der Waals surface area contributed by atoms with E-state index in [9.17, 15) is 5.11 Å². The molecule has 53 valence electrons. The molecule has 9 heavy (non-hydrogen) atoms. The fraction of sp³-hybridized carbons (Fsp3) is 0.750. The molecular formula is C8H15O. The first kappa shape index (κ1) is 8.70. The first-order chi connectivity index (χ1) is 4.41. The van der Waals surface area contributed by atoms with Gasteiger partial charge in [-0.25, -0.2) is 5.11 Å². The third kappa shape index (κ3) is 7.70. The van der Waals surface area contributed by atoms with Crippen LogP contribution in [0.15, 0.2) is 12.2 Å². The predicted octanol–water partition coefficient (Wildman–Crippen LogP) is 2.55. The Morgan fingerprint density at radius 1 is 1.22 bits per heavy atom. The van der Waals surface area contributed by atoms with Gasteiger partial charge < -0.3 is 0 Å². The summed E-state index contributed by atoms with van der Waals surface area (Å²) in [5.41, 5.74) is 0. The third-order valence-corrected chi connectivity index (χ3v) is 1.18. The van der Waals surface area contributed by atoms with Crippen LogP contribution >= 0.6 is 0 Å². The molecular weight excluding hydrogens is 112 g/mol. The van der Waals surface area contributed by atoms with Crippen LogP contribution in [-0.2, 0) is 5.11 Å². The molecule has 0 saturated carbocycles. The zero-order valence-corrected chi connectivity index (χ0v) is 6.10. The van der Waals surface area contributed by atoms with Crippen molar-refractivity contribution in [2.45, 2.75) is 32.6 Å². The van der Waals surface area contributed by atoms with Crippen molar-refractivity contribution >= 4 is 0 Å². The maximum atomic E-state index is 9.91. The average Bonchev–Trinajstić information content (AvgIpc) is 1.89. The lowest BCUT2D eigenvalue weighted by atomic mass is 10.2. The van der Waals surface area contributed by atoms with Crippen LogP contribution in [0, 0.1) is 0 Å². The molecule has 0 N–H and O–H groups in total. The van der Waals surface area contributed by atoms with Crippen LogP contribution in [0.3, 0.4) is 0 Å². The van der Waals surface area contributed by atoms with Gasteiger partial charge >= 0.3 is 0 Å². The summed E-state index contributed by atoms with van der Waals surface area (Å²) in [6.07, 6.45) is 8.39. The Labute approximate surface area is 57.4 Å². The molecule has 0 heterocycles. The quantitative estimate of drug-likeness (QED) is 0.399. The van der Waals surface area contributed by atoms with Crippen LogP contribution in [-0.4, -0.2) is 6.61 Å². The van der Waals surface area contributed by atoms with Crippen LogP contribution in [0.2, 0.25) is 0 Å². The molecule has 0 aromatic rings. The summed E-state index contributed by atoms with van der Waals surface area (Å²) < 4.78 is 0. The Bertz CT molecular complexity index is 67.0. The van der Waals surface area contributed by atoms with Crippen LogP contribution in [0.25, 0.3) is 0 Å². The van der Waals surface area contributed by atoms with E-state index in [4.69, 9.17) is 0 Å². The molecule has 0 rings (SSSR count). The van der Waals surface area contributed by atoms with Crippen molar-refractivity contribution < 1.29 is 5.11 Å². The van der Waals surface area contributed by atoms with Crippen LogP contribution in [0.5, 0.6) is 0 Å². The average molecular weight is 127 g/mol. The van der Waals surface area contributed by atoms with Gasteiger partial charge in [-0.05, 0) is 12.8 Å². The zero-order chi connectivity index (χ0) is 6.95. The van der Waals surface area contributed by atoms with E-state index in [0.29, 0.717) is 6.42 Å². The van der Waals surface area contributed by atoms with Gasteiger partial charge in [0, 0.05) is 0 Å². The zero-order valence-electron chi connectivity index (χ0n) is 6.10. The summed E-state index contributed by atoms with van der Waals surface area (Å²) in [6, 6.07) is 0. The Kier molecular flexibility index (Phi) is 7.44. The van der Waals surface area contributed by atoms with Gasteiger partial charge in [0.1, 0.15) is 0 Å². The van der Waals surface area contributed by atoms with E-state index < -0.39 is 0 Å². The van der Waals surface area contributed by atoms with Gasteiger partial charge in [-0.1, -0.05) is 31.9 Å². The number of hydrogen-bond acceptors (Lipinski definition) is 0. The van der Waals surface area contributed by atoms with Crippen molar-refractivity contribution in [3.8, 4) is 0 Å². The SMILES string of the molecule is CCCCC=CCC[O]. The highest BCUT2D eigenvalue weighted by molar-refractivity contribution is 4.80. The number of unbranched alkanes of at least 4 members (excludes halogenated alkanes) is 2. The van der Waals surface area contributed by atoms with Crippen molar-refractivity contribution in [2.75, 3.05) is 6.61 Å². The van der Waals surface area contributed by atoms with Crippen LogP contribution in [0.1, 0.15) is 32.6 Å². The van der Waals surface area contributed by atoms with Crippen molar-refractivity contribution in [1.82, 2.24) is 0 Å². The summed E-state index contributed by atoms with van der Waals surface area (Å²) in [5.74, 6) is 0. The molecule has 0 fully saturated rings.